The van der Waals surface area contributed by atoms with E-state index in [1.165, 1.54) is 30.8 Å². The van der Waals surface area contributed by atoms with Crippen LogP contribution in [0.15, 0.2) is 23.7 Å². The lowest BCUT2D eigenvalue weighted by Gasteiger charge is -2.32. The Kier molecular flexibility index (Phi) is 5.37. The van der Waals surface area contributed by atoms with E-state index >= 15 is 0 Å². The Bertz CT molecular complexity index is 653. The molecule has 1 aromatic rings. The van der Waals surface area contributed by atoms with Gasteiger partial charge in [0.25, 0.3) is 0 Å². The Balaban J connectivity index is 2.33. The van der Waals surface area contributed by atoms with Crippen LogP contribution in [0, 0.1) is 0 Å². The molecular weight excluding hydrogens is 327 g/mol. The predicted molar refractivity (Wildman–Crippen MR) is 97.0 cm³/mol. The lowest BCUT2D eigenvalue weighted by Crippen LogP contribution is -2.41. The molecule has 1 aliphatic rings. The topological polar surface area (TPSA) is 76.0 Å². The molecule has 1 aromatic carbocycles. The van der Waals surface area contributed by atoms with E-state index < -0.39 is 18.3 Å². The number of aromatic hydroxyl groups is 2. The van der Waals surface area contributed by atoms with E-state index in [0.29, 0.717) is 11.3 Å². The molecule has 0 atom stereocenters. The van der Waals surface area contributed by atoms with E-state index in [1.54, 1.807) is 6.07 Å². The van der Waals surface area contributed by atoms with E-state index in [0.717, 1.165) is 5.47 Å². The molecule has 0 unspecified atom stereocenters. The van der Waals surface area contributed by atoms with Crippen LogP contribution >= 0.6 is 11.8 Å². The second-order valence-corrected chi connectivity index (χ2v) is 7.99. The van der Waals surface area contributed by atoms with Gasteiger partial charge in [-0.25, -0.2) is 0 Å². The van der Waals surface area contributed by atoms with Crippen molar-refractivity contribution in [3.8, 4) is 11.5 Å². The third kappa shape index (κ3) is 4.15. The van der Waals surface area contributed by atoms with Crippen molar-refractivity contribution >= 4 is 30.1 Å². The summed E-state index contributed by atoms with van der Waals surface area (Å²) in [5.41, 5.74) is 0.529. The summed E-state index contributed by atoms with van der Waals surface area (Å²) < 4.78 is 12.1. The molecule has 24 heavy (non-hydrogen) atoms. The van der Waals surface area contributed by atoms with Crippen molar-refractivity contribution in [2.75, 3.05) is 5.75 Å². The fourth-order valence-corrected chi connectivity index (χ4v) is 2.79. The van der Waals surface area contributed by atoms with Crippen molar-refractivity contribution in [3.05, 3.63) is 29.2 Å². The summed E-state index contributed by atoms with van der Waals surface area (Å²) >= 11 is 1.17. The Hall–Kier alpha value is -1.44. The van der Waals surface area contributed by atoms with Gasteiger partial charge in [-0.3, -0.25) is 4.79 Å². The van der Waals surface area contributed by atoms with Crippen LogP contribution in [-0.4, -0.2) is 39.4 Å². The number of hydrogen-bond acceptors (Lipinski definition) is 6. The number of carbonyl (C=O) groups excluding carboxylic acids is 1. The van der Waals surface area contributed by atoms with Crippen LogP contribution in [-0.2, 0) is 14.1 Å². The van der Waals surface area contributed by atoms with Gasteiger partial charge in [0.15, 0.2) is 16.6 Å². The zero-order valence-electron chi connectivity index (χ0n) is 14.6. The zero-order valence-corrected chi connectivity index (χ0v) is 15.4. The van der Waals surface area contributed by atoms with E-state index in [2.05, 4.69) is 0 Å². The molecule has 2 rings (SSSR count). The lowest BCUT2D eigenvalue weighted by atomic mass is 9.78. The summed E-state index contributed by atoms with van der Waals surface area (Å²) in [6, 6.07) is 4.55. The van der Waals surface area contributed by atoms with Crippen molar-refractivity contribution in [2.45, 2.75) is 45.8 Å². The number of thioether (sulfide) groups is 1. The molecule has 0 bridgehead atoms. The quantitative estimate of drug-likeness (QED) is 0.640. The van der Waals surface area contributed by atoms with Crippen LogP contribution in [0.2, 0.25) is 0 Å². The maximum atomic E-state index is 11.4. The summed E-state index contributed by atoms with van der Waals surface area (Å²) in [6.07, 6.45) is 1.82. The second-order valence-electron chi connectivity index (χ2n) is 6.84. The number of phenols is 2. The van der Waals surface area contributed by atoms with Gasteiger partial charge in [-0.1, -0.05) is 23.9 Å². The van der Waals surface area contributed by atoms with Crippen LogP contribution in [0.1, 0.15) is 40.2 Å². The van der Waals surface area contributed by atoms with E-state index in [9.17, 15) is 15.0 Å². The standard InChI is InChI=1S/C17H23BO5S/c1-11(19)24-10-13(8-12-6-7-14(20)15(21)9-12)18-22-16(2,3)17(4,5)23-18/h6-9,20-21H,10H2,1-5H3. The highest BCUT2D eigenvalue weighted by molar-refractivity contribution is 8.13. The van der Waals surface area contributed by atoms with Gasteiger partial charge in [-0.2, -0.15) is 0 Å². The molecule has 0 saturated carbocycles. The first kappa shape index (κ1) is 18.9. The van der Waals surface area contributed by atoms with Crippen LogP contribution in [0.4, 0.5) is 0 Å². The van der Waals surface area contributed by atoms with E-state index in [1.807, 2.05) is 33.8 Å². The lowest BCUT2D eigenvalue weighted by molar-refractivity contribution is -0.109. The summed E-state index contributed by atoms with van der Waals surface area (Å²) in [6.45, 7) is 9.38. The van der Waals surface area contributed by atoms with Crippen LogP contribution in [0.5, 0.6) is 11.5 Å². The average Bonchev–Trinajstić information content (AvgIpc) is 2.67. The summed E-state index contributed by atoms with van der Waals surface area (Å²) in [5, 5.41) is 19.1. The van der Waals surface area contributed by atoms with E-state index in [4.69, 9.17) is 9.31 Å². The summed E-state index contributed by atoms with van der Waals surface area (Å²) in [4.78, 5) is 11.4. The number of phenolic OH excluding ortho intramolecular Hbond substituents is 2. The first-order chi connectivity index (χ1) is 11.0. The molecule has 1 heterocycles. The van der Waals surface area contributed by atoms with Gasteiger partial charge >= 0.3 is 7.12 Å². The van der Waals surface area contributed by atoms with Gasteiger partial charge in [0.1, 0.15) is 0 Å². The van der Waals surface area contributed by atoms with Gasteiger partial charge < -0.3 is 19.5 Å². The molecule has 2 N–H and O–H groups in total. The third-order valence-corrected chi connectivity index (χ3v) is 5.23. The minimum atomic E-state index is -0.571. The highest BCUT2D eigenvalue weighted by Crippen LogP contribution is 2.39. The maximum absolute atomic E-state index is 11.4. The minimum absolute atomic E-state index is 0.00553. The van der Waals surface area contributed by atoms with Gasteiger partial charge in [-0.15, -0.1) is 0 Å². The van der Waals surface area contributed by atoms with Crippen molar-refractivity contribution < 1.29 is 24.3 Å². The maximum Gasteiger partial charge on any atom is 0.491 e. The molecule has 0 spiro atoms. The minimum Gasteiger partial charge on any atom is -0.504 e. The Morgan fingerprint density at radius 3 is 2.25 bits per heavy atom. The Morgan fingerprint density at radius 1 is 1.17 bits per heavy atom. The van der Waals surface area contributed by atoms with Crippen molar-refractivity contribution in [2.24, 2.45) is 0 Å². The fraction of sp³-hybridized carbons (Fsp3) is 0.471. The normalized spacial score (nSPS) is 19.5. The fourth-order valence-electron chi connectivity index (χ4n) is 2.20. The van der Waals surface area contributed by atoms with Crippen LogP contribution in [0.25, 0.3) is 6.08 Å². The molecular formula is C17H23BO5S. The van der Waals surface area contributed by atoms with Gasteiger partial charge in [0, 0.05) is 12.7 Å². The average molecular weight is 350 g/mol. The molecule has 7 heteroatoms. The zero-order chi connectivity index (χ0) is 18.1. The van der Waals surface area contributed by atoms with Crippen molar-refractivity contribution in [1.82, 2.24) is 0 Å². The molecule has 130 valence electrons. The molecule has 0 aliphatic carbocycles. The summed E-state index contributed by atoms with van der Waals surface area (Å²) in [7, 11) is -0.571. The molecule has 0 aromatic heterocycles. The second kappa shape index (κ2) is 6.82. The molecule has 0 amide bonds. The third-order valence-electron chi connectivity index (χ3n) is 4.35. The summed E-state index contributed by atoms with van der Waals surface area (Å²) in [5.74, 6) is 0.0482. The first-order valence-corrected chi connectivity index (χ1v) is 8.72. The van der Waals surface area contributed by atoms with Gasteiger partial charge in [-0.05, 0) is 50.9 Å². The predicted octanol–water partition coefficient (Wildman–Crippen LogP) is 3.39. The molecule has 1 saturated heterocycles. The molecule has 0 radical (unpaired) electrons. The number of carbonyl (C=O) groups is 1. The van der Waals surface area contributed by atoms with Crippen LogP contribution in [0.3, 0.4) is 0 Å². The number of benzene rings is 1. The highest BCUT2D eigenvalue weighted by Gasteiger charge is 2.52. The molecule has 5 nitrogen and oxygen atoms in total. The molecule has 1 fully saturated rings. The first-order valence-electron chi connectivity index (χ1n) is 7.73. The number of rotatable bonds is 4. The Labute approximate surface area is 147 Å². The molecule has 1 aliphatic heterocycles. The van der Waals surface area contributed by atoms with Crippen molar-refractivity contribution in [3.63, 3.8) is 0 Å². The highest BCUT2D eigenvalue weighted by atomic mass is 32.2. The smallest absolute Gasteiger partial charge is 0.491 e. The van der Waals surface area contributed by atoms with Gasteiger partial charge in [0.05, 0.1) is 11.2 Å². The number of hydrogen-bond donors (Lipinski definition) is 2. The van der Waals surface area contributed by atoms with E-state index in [-0.39, 0.29) is 16.6 Å². The Morgan fingerprint density at radius 2 is 1.75 bits per heavy atom. The monoisotopic (exact) mass is 350 g/mol. The van der Waals surface area contributed by atoms with Crippen LogP contribution < -0.4 is 0 Å². The van der Waals surface area contributed by atoms with Gasteiger partial charge in [0.2, 0.25) is 0 Å². The largest absolute Gasteiger partial charge is 0.504 e. The SMILES string of the molecule is CC(=O)SCC(=Cc1ccc(O)c(O)c1)B1OC(C)(C)C(C)(C)O1. The van der Waals surface area contributed by atoms with Crippen molar-refractivity contribution in [1.29, 1.82) is 0 Å².